The smallest absolute Gasteiger partial charge is 0.162 e. The third-order valence-corrected chi connectivity index (χ3v) is 3.25. The van der Waals surface area contributed by atoms with E-state index in [1.807, 2.05) is 31.2 Å². The highest BCUT2D eigenvalue weighted by molar-refractivity contribution is 5.92. The largest absolute Gasteiger partial charge is 0.493 e. The standard InChI is InChI=1S/C17H21N3O2/c1-5-7-8-12(6-2)20-17-13-9-15(21-3)16(22-4)10-14(13)18-11-19-17/h6-11H,5H2,1-4H3,(H,18,19,20)/b8-7-,12-6+. The lowest BCUT2D eigenvalue weighted by atomic mass is 10.2. The number of benzene rings is 1. The van der Waals surface area contributed by atoms with E-state index in [-0.39, 0.29) is 0 Å². The van der Waals surface area contributed by atoms with Crippen LogP contribution in [0.15, 0.2) is 42.4 Å². The quantitative estimate of drug-likeness (QED) is 0.819. The Hall–Kier alpha value is -2.56. The lowest BCUT2D eigenvalue weighted by Gasteiger charge is -2.12. The van der Waals surface area contributed by atoms with Crippen LogP contribution in [0.3, 0.4) is 0 Å². The van der Waals surface area contributed by atoms with Gasteiger partial charge in [0.25, 0.3) is 0 Å². The zero-order valence-corrected chi connectivity index (χ0v) is 13.4. The van der Waals surface area contributed by atoms with E-state index < -0.39 is 0 Å². The van der Waals surface area contributed by atoms with Gasteiger partial charge >= 0.3 is 0 Å². The Kier molecular flexibility index (Phi) is 5.36. The number of hydrogen-bond acceptors (Lipinski definition) is 5. The van der Waals surface area contributed by atoms with Gasteiger partial charge in [-0.3, -0.25) is 0 Å². The molecule has 1 aromatic heterocycles. The highest BCUT2D eigenvalue weighted by atomic mass is 16.5. The molecule has 5 nitrogen and oxygen atoms in total. The van der Waals surface area contributed by atoms with Crippen LogP contribution >= 0.6 is 0 Å². The maximum atomic E-state index is 5.36. The van der Waals surface area contributed by atoms with E-state index in [2.05, 4.69) is 28.3 Å². The molecule has 5 heteroatoms. The number of allylic oxidation sites excluding steroid dienone is 3. The Morgan fingerprint density at radius 3 is 2.55 bits per heavy atom. The SMILES string of the molecule is C/C=C(\C=C/CC)Nc1ncnc2cc(OC)c(OC)cc12. The van der Waals surface area contributed by atoms with E-state index in [4.69, 9.17) is 9.47 Å². The Bertz CT molecular complexity index is 708. The Morgan fingerprint density at radius 1 is 1.18 bits per heavy atom. The second-order valence-corrected chi connectivity index (χ2v) is 4.63. The molecule has 0 spiro atoms. The summed E-state index contributed by atoms with van der Waals surface area (Å²) in [5.74, 6) is 2.04. The van der Waals surface area contributed by atoms with Gasteiger partial charge in [0.05, 0.1) is 19.7 Å². The molecule has 1 aromatic carbocycles. The molecular weight excluding hydrogens is 278 g/mol. The second kappa shape index (κ2) is 7.45. The molecule has 116 valence electrons. The fraction of sp³-hybridized carbons (Fsp3) is 0.294. The minimum atomic E-state index is 0.650. The molecule has 0 fully saturated rings. The molecule has 0 saturated carbocycles. The molecule has 0 bridgehead atoms. The van der Waals surface area contributed by atoms with Gasteiger partial charge in [-0.05, 0) is 25.5 Å². The lowest BCUT2D eigenvalue weighted by Crippen LogP contribution is -2.01. The van der Waals surface area contributed by atoms with Gasteiger partial charge in [-0.25, -0.2) is 9.97 Å². The molecule has 0 saturated heterocycles. The van der Waals surface area contributed by atoms with Crippen LogP contribution in [-0.4, -0.2) is 24.2 Å². The van der Waals surface area contributed by atoms with Gasteiger partial charge in [0, 0.05) is 17.1 Å². The molecule has 0 radical (unpaired) electrons. The number of hydrogen-bond donors (Lipinski definition) is 1. The monoisotopic (exact) mass is 299 g/mol. The summed E-state index contributed by atoms with van der Waals surface area (Å²) >= 11 is 0. The van der Waals surface area contributed by atoms with Gasteiger partial charge in [-0.15, -0.1) is 0 Å². The van der Waals surface area contributed by atoms with Gasteiger partial charge in [-0.2, -0.15) is 0 Å². The van der Waals surface area contributed by atoms with Crippen molar-refractivity contribution in [1.29, 1.82) is 0 Å². The van der Waals surface area contributed by atoms with Crippen molar-refractivity contribution in [3.05, 3.63) is 42.4 Å². The molecule has 2 aromatic rings. The zero-order chi connectivity index (χ0) is 15.9. The molecule has 0 aliphatic heterocycles. The normalized spacial score (nSPS) is 11.9. The van der Waals surface area contributed by atoms with Crippen LogP contribution < -0.4 is 14.8 Å². The summed E-state index contributed by atoms with van der Waals surface area (Å²) < 4.78 is 10.7. The average Bonchev–Trinajstić information content (AvgIpc) is 2.57. The highest BCUT2D eigenvalue weighted by Crippen LogP contribution is 2.33. The zero-order valence-electron chi connectivity index (χ0n) is 13.4. The third-order valence-electron chi connectivity index (χ3n) is 3.25. The fourth-order valence-electron chi connectivity index (χ4n) is 2.07. The van der Waals surface area contributed by atoms with Crippen molar-refractivity contribution < 1.29 is 9.47 Å². The molecule has 0 atom stereocenters. The lowest BCUT2D eigenvalue weighted by molar-refractivity contribution is 0.356. The number of rotatable bonds is 6. The summed E-state index contributed by atoms with van der Waals surface area (Å²) in [6.07, 6.45) is 8.65. The maximum Gasteiger partial charge on any atom is 0.162 e. The summed E-state index contributed by atoms with van der Waals surface area (Å²) in [7, 11) is 3.22. The first-order chi connectivity index (χ1) is 10.7. The predicted molar refractivity (Wildman–Crippen MR) is 89.5 cm³/mol. The van der Waals surface area contributed by atoms with Crippen molar-refractivity contribution >= 4 is 16.7 Å². The van der Waals surface area contributed by atoms with Gasteiger partial charge in [0.1, 0.15) is 12.1 Å². The van der Waals surface area contributed by atoms with Crippen molar-refractivity contribution in [2.24, 2.45) is 0 Å². The third kappa shape index (κ3) is 3.36. The predicted octanol–water partition coefficient (Wildman–Crippen LogP) is 3.93. The molecule has 1 heterocycles. The van der Waals surface area contributed by atoms with Crippen molar-refractivity contribution in [1.82, 2.24) is 9.97 Å². The number of nitrogens with zero attached hydrogens (tertiary/aromatic N) is 2. The number of ether oxygens (including phenoxy) is 2. The minimum absolute atomic E-state index is 0.650. The van der Waals surface area contributed by atoms with Crippen LogP contribution in [0.25, 0.3) is 10.9 Å². The van der Waals surface area contributed by atoms with E-state index in [0.29, 0.717) is 11.5 Å². The Balaban J connectivity index is 2.48. The van der Waals surface area contributed by atoms with Gasteiger partial charge in [-0.1, -0.05) is 19.1 Å². The molecular formula is C17H21N3O2. The van der Waals surface area contributed by atoms with Crippen LogP contribution in [0.4, 0.5) is 5.82 Å². The molecule has 0 amide bonds. The maximum absolute atomic E-state index is 5.36. The van der Waals surface area contributed by atoms with Crippen LogP contribution in [0, 0.1) is 0 Å². The number of nitrogens with one attached hydrogen (secondary N) is 1. The first kappa shape index (κ1) is 15.8. The topological polar surface area (TPSA) is 56.3 Å². The molecule has 0 aliphatic carbocycles. The van der Waals surface area contributed by atoms with Crippen LogP contribution in [0.1, 0.15) is 20.3 Å². The van der Waals surface area contributed by atoms with E-state index in [1.165, 1.54) is 6.33 Å². The van der Waals surface area contributed by atoms with E-state index in [9.17, 15) is 0 Å². The van der Waals surface area contributed by atoms with Gasteiger partial charge in [0.15, 0.2) is 11.5 Å². The van der Waals surface area contributed by atoms with Crippen molar-refractivity contribution in [2.45, 2.75) is 20.3 Å². The van der Waals surface area contributed by atoms with Gasteiger partial charge < -0.3 is 14.8 Å². The fourth-order valence-corrected chi connectivity index (χ4v) is 2.07. The molecule has 0 aliphatic rings. The summed E-state index contributed by atoms with van der Waals surface area (Å²) in [5.41, 5.74) is 1.78. The summed E-state index contributed by atoms with van der Waals surface area (Å²) in [6, 6.07) is 3.73. The van der Waals surface area contributed by atoms with Crippen LogP contribution in [0.2, 0.25) is 0 Å². The minimum Gasteiger partial charge on any atom is -0.493 e. The number of fused-ring (bicyclic) bond motifs is 1. The number of anilines is 1. The first-order valence-electron chi connectivity index (χ1n) is 7.20. The van der Waals surface area contributed by atoms with E-state index in [0.717, 1.165) is 28.8 Å². The first-order valence-corrected chi connectivity index (χ1v) is 7.20. The molecule has 1 N–H and O–H groups in total. The summed E-state index contributed by atoms with van der Waals surface area (Å²) in [4.78, 5) is 8.64. The second-order valence-electron chi connectivity index (χ2n) is 4.63. The molecule has 0 unspecified atom stereocenters. The van der Waals surface area contributed by atoms with Crippen molar-refractivity contribution in [3.63, 3.8) is 0 Å². The Labute approximate surface area is 130 Å². The highest BCUT2D eigenvalue weighted by Gasteiger charge is 2.11. The Morgan fingerprint density at radius 2 is 1.91 bits per heavy atom. The van der Waals surface area contributed by atoms with E-state index in [1.54, 1.807) is 14.2 Å². The number of methoxy groups -OCH3 is 2. The van der Waals surface area contributed by atoms with Crippen molar-refractivity contribution in [2.75, 3.05) is 19.5 Å². The van der Waals surface area contributed by atoms with Crippen LogP contribution in [0.5, 0.6) is 11.5 Å². The molecule has 22 heavy (non-hydrogen) atoms. The van der Waals surface area contributed by atoms with Crippen LogP contribution in [-0.2, 0) is 0 Å². The summed E-state index contributed by atoms with van der Waals surface area (Å²) in [5, 5.41) is 4.20. The molecule has 2 rings (SSSR count). The summed E-state index contributed by atoms with van der Waals surface area (Å²) in [6.45, 7) is 4.08. The van der Waals surface area contributed by atoms with E-state index >= 15 is 0 Å². The average molecular weight is 299 g/mol. The van der Waals surface area contributed by atoms with Gasteiger partial charge in [0.2, 0.25) is 0 Å². The van der Waals surface area contributed by atoms with Crippen molar-refractivity contribution in [3.8, 4) is 11.5 Å². The number of aromatic nitrogens is 2.